The Morgan fingerprint density at radius 3 is 2.00 bits per heavy atom. The lowest BCUT2D eigenvalue weighted by Crippen LogP contribution is -2.27. The average Bonchev–Trinajstić information content (AvgIpc) is 2.06. The first-order valence-corrected chi connectivity index (χ1v) is 3.92. The fraction of sp³-hybridized carbons (Fsp3) is 0.875. The third kappa shape index (κ3) is 2.17. The van der Waals surface area contributed by atoms with Crippen LogP contribution in [0.3, 0.4) is 0 Å². The van der Waals surface area contributed by atoms with Gasteiger partial charge in [0, 0.05) is 5.41 Å². The monoisotopic (exact) mass is 161 g/mol. The Bertz CT molecular complexity index is 141. The summed E-state index contributed by atoms with van der Waals surface area (Å²) in [6.07, 6.45) is 1.60. The Kier molecular flexibility index (Phi) is 4.08. The van der Waals surface area contributed by atoms with Gasteiger partial charge in [0.2, 0.25) is 0 Å². The van der Waals surface area contributed by atoms with E-state index in [1.807, 2.05) is 20.8 Å². The Balaban J connectivity index is 4.46. The zero-order chi connectivity index (χ0) is 8.91. The van der Waals surface area contributed by atoms with Gasteiger partial charge >= 0.3 is 0 Å². The molecule has 0 aliphatic rings. The largest absolute Gasteiger partial charge is 0.411 e. The van der Waals surface area contributed by atoms with Crippen LogP contribution >= 0.6 is 0 Å². The van der Waals surface area contributed by atoms with Crippen LogP contribution in [0.25, 0.3) is 0 Å². The molecule has 0 aromatic carbocycles. The van der Waals surface area contributed by atoms with Crippen LogP contribution in [0.5, 0.6) is 0 Å². The molecule has 0 saturated heterocycles. The molecule has 2 nitrogen and oxygen atoms in total. The van der Waals surface area contributed by atoms with E-state index in [-0.39, 0.29) is 11.1 Å². The average molecular weight is 161 g/mol. The second kappa shape index (κ2) is 4.31. The highest BCUT2D eigenvalue weighted by molar-refractivity contribution is 5.90. The molecular formula is C8H16FNO. The fourth-order valence-corrected chi connectivity index (χ4v) is 0.967. The van der Waals surface area contributed by atoms with Crippen LogP contribution in [0.2, 0.25) is 0 Å². The number of hydrogen-bond acceptors (Lipinski definition) is 2. The van der Waals surface area contributed by atoms with E-state index in [0.29, 0.717) is 0 Å². The maximum absolute atomic E-state index is 12.2. The van der Waals surface area contributed by atoms with E-state index >= 15 is 0 Å². The van der Waals surface area contributed by atoms with Crippen LogP contribution in [0.1, 0.15) is 33.6 Å². The molecule has 0 bridgehead atoms. The van der Waals surface area contributed by atoms with Crippen molar-refractivity contribution in [3.8, 4) is 0 Å². The third-order valence-electron chi connectivity index (χ3n) is 2.50. The van der Waals surface area contributed by atoms with Gasteiger partial charge in [-0.2, -0.15) is 0 Å². The summed E-state index contributed by atoms with van der Waals surface area (Å²) in [6, 6.07) is 0. The molecule has 3 heteroatoms. The van der Waals surface area contributed by atoms with Crippen LogP contribution in [0, 0.1) is 5.41 Å². The van der Waals surface area contributed by atoms with Gasteiger partial charge in [-0.05, 0) is 12.8 Å². The molecule has 0 amide bonds. The van der Waals surface area contributed by atoms with Crippen LogP contribution in [0.4, 0.5) is 4.39 Å². The fourth-order valence-electron chi connectivity index (χ4n) is 0.967. The Morgan fingerprint density at radius 1 is 1.45 bits per heavy atom. The summed E-state index contributed by atoms with van der Waals surface area (Å²) in [5, 5.41) is 11.4. The number of oxime groups is 1. The van der Waals surface area contributed by atoms with E-state index in [1.54, 1.807) is 0 Å². The smallest absolute Gasteiger partial charge is 0.131 e. The van der Waals surface area contributed by atoms with Crippen LogP contribution in [-0.4, -0.2) is 17.6 Å². The van der Waals surface area contributed by atoms with Crippen molar-refractivity contribution in [3.63, 3.8) is 0 Å². The van der Waals surface area contributed by atoms with Crippen molar-refractivity contribution in [3.05, 3.63) is 0 Å². The quantitative estimate of drug-likeness (QED) is 0.383. The predicted octanol–water partition coefficient (Wildman–Crippen LogP) is 2.61. The van der Waals surface area contributed by atoms with E-state index < -0.39 is 6.67 Å². The first-order chi connectivity index (χ1) is 5.14. The van der Waals surface area contributed by atoms with E-state index in [4.69, 9.17) is 5.21 Å². The summed E-state index contributed by atoms with van der Waals surface area (Å²) in [6.45, 7) is 5.17. The van der Waals surface area contributed by atoms with Crippen molar-refractivity contribution in [1.82, 2.24) is 0 Å². The van der Waals surface area contributed by atoms with E-state index in [1.165, 1.54) is 0 Å². The van der Waals surface area contributed by atoms with Gasteiger partial charge in [0.05, 0.1) is 5.71 Å². The second-order valence-electron chi connectivity index (χ2n) is 2.95. The minimum absolute atomic E-state index is 0.252. The molecule has 0 atom stereocenters. The summed E-state index contributed by atoms with van der Waals surface area (Å²) < 4.78 is 12.2. The SMILES string of the molecule is CCC(C)(CC)C(CF)=NO. The lowest BCUT2D eigenvalue weighted by molar-refractivity contribution is 0.295. The molecule has 1 N–H and O–H groups in total. The van der Waals surface area contributed by atoms with E-state index in [9.17, 15) is 4.39 Å². The molecule has 0 radical (unpaired) electrons. The molecule has 0 heterocycles. The van der Waals surface area contributed by atoms with Gasteiger partial charge in [-0.3, -0.25) is 0 Å². The van der Waals surface area contributed by atoms with Gasteiger partial charge in [-0.25, -0.2) is 4.39 Å². The summed E-state index contributed by atoms with van der Waals surface area (Å²) in [5.74, 6) is 0. The van der Waals surface area contributed by atoms with Crippen LogP contribution < -0.4 is 0 Å². The van der Waals surface area contributed by atoms with Gasteiger partial charge in [-0.15, -0.1) is 0 Å². The van der Waals surface area contributed by atoms with E-state index in [2.05, 4.69) is 5.16 Å². The lowest BCUT2D eigenvalue weighted by atomic mass is 9.80. The second-order valence-corrected chi connectivity index (χ2v) is 2.95. The Morgan fingerprint density at radius 2 is 1.91 bits per heavy atom. The summed E-state index contributed by atoms with van der Waals surface area (Å²) in [5.41, 5.74) is -0.0220. The zero-order valence-electron chi connectivity index (χ0n) is 7.39. The highest BCUT2D eigenvalue weighted by Crippen LogP contribution is 2.27. The normalized spacial score (nSPS) is 13.6. The zero-order valence-corrected chi connectivity index (χ0v) is 7.39. The highest BCUT2D eigenvalue weighted by atomic mass is 19.1. The number of halogens is 1. The van der Waals surface area contributed by atoms with Crippen molar-refractivity contribution < 1.29 is 9.60 Å². The molecule has 0 aromatic heterocycles. The van der Waals surface area contributed by atoms with Gasteiger partial charge in [-0.1, -0.05) is 25.9 Å². The predicted molar refractivity (Wildman–Crippen MR) is 43.9 cm³/mol. The maximum atomic E-state index is 12.2. The molecule has 0 aromatic rings. The Labute approximate surface area is 67.1 Å². The van der Waals surface area contributed by atoms with Crippen LogP contribution in [-0.2, 0) is 0 Å². The van der Waals surface area contributed by atoms with Crippen molar-refractivity contribution in [1.29, 1.82) is 0 Å². The third-order valence-corrected chi connectivity index (χ3v) is 2.50. The molecule has 11 heavy (non-hydrogen) atoms. The van der Waals surface area contributed by atoms with Gasteiger partial charge in [0.1, 0.15) is 6.67 Å². The number of hydrogen-bond donors (Lipinski definition) is 1. The molecule has 66 valence electrons. The molecule has 0 fully saturated rings. The van der Waals surface area contributed by atoms with Crippen molar-refractivity contribution in [2.24, 2.45) is 10.6 Å². The standard InChI is InChI=1S/C8H16FNO/c1-4-8(3,5-2)7(6-9)10-11/h11H,4-6H2,1-3H3. The molecule has 0 rings (SSSR count). The molecule has 0 unspecified atom stereocenters. The van der Waals surface area contributed by atoms with Gasteiger partial charge < -0.3 is 5.21 Å². The molecule has 0 saturated carbocycles. The van der Waals surface area contributed by atoms with E-state index in [0.717, 1.165) is 12.8 Å². The first kappa shape index (κ1) is 10.4. The van der Waals surface area contributed by atoms with Crippen molar-refractivity contribution in [2.75, 3.05) is 6.67 Å². The molecule has 0 spiro atoms. The number of alkyl halides is 1. The minimum Gasteiger partial charge on any atom is -0.411 e. The number of nitrogens with zero attached hydrogens (tertiary/aromatic N) is 1. The molecular weight excluding hydrogens is 145 g/mol. The topological polar surface area (TPSA) is 32.6 Å². The lowest BCUT2D eigenvalue weighted by Gasteiger charge is -2.25. The van der Waals surface area contributed by atoms with Crippen LogP contribution in [0.15, 0.2) is 5.16 Å². The van der Waals surface area contributed by atoms with Gasteiger partial charge in [0.15, 0.2) is 0 Å². The Hall–Kier alpha value is -0.600. The van der Waals surface area contributed by atoms with Gasteiger partial charge in [0.25, 0.3) is 0 Å². The first-order valence-electron chi connectivity index (χ1n) is 3.92. The van der Waals surface area contributed by atoms with Crippen molar-refractivity contribution in [2.45, 2.75) is 33.6 Å². The summed E-state index contributed by atoms with van der Waals surface area (Å²) >= 11 is 0. The van der Waals surface area contributed by atoms with Crippen molar-refractivity contribution >= 4 is 5.71 Å². The summed E-state index contributed by atoms with van der Waals surface area (Å²) in [4.78, 5) is 0. The number of rotatable bonds is 4. The maximum Gasteiger partial charge on any atom is 0.131 e. The minimum atomic E-state index is -0.658. The highest BCUT2D eigenvalue weighted by Gasteiger charge is 2.26. The summed E-state index contributed by atoms with van der Waals surface area (Å²) in [7, 11) is 0. The molecule has 0 aliphatic heterocycles. The molecule has 0 aliphatic carbocycles.